The summed E-state index contributed by atoms with van der Waals surface area (Å²) in [6.45, 7) is 4.53. The topological polar surface area (TPSA) is 106 Å². The first-order chi connectivity index (χ1) is 14.5. The molecule has 31 heavy (non-hydrogen) atoms. The molecule has 0 atom stereocenters. The van der Waals surface area contributed by atoms with Gasteiger partial charge in [0.05, 0.1) is 31.4 Å². The monoisotopic (exact) mass is 478 g/mol. The Morgan fingerprint density at radius 2 is 2.03 bits per heavy atom. The average molecular weight is 479 g/mol. The van der Waals surface area contributed by atoms with E-state index in [0.717, 1.165) is 9.71 Å². The molecule has 1 aromatic heterocycles. The van der Waals surface area contributed by atoms with E-state index in [1.807, 2.05) is 6.92 Å². The van der Waals surface area contributed by atoms with Gasteiger partial charge in [0, 0.05) is 5.02 Å². The number of anilines is 1. The first-order valence-electron chi connectivity index (χ1n) is 9.04. The van der Waals surface area contributed by atoms with E-state index < -0.39 is 21.6 Å². The van der Waals surface area contributed by atoms with Crippen molar-refractivity contribution in [2.24, 2.45) is 0 Å². The number of nitrogens with one attached hydrogen (secondary N) is 1. The van der Waals surface area contributed by atoms with Crippen LogP contribution in [-0.2, 0) is 19.6 Å². The smallest absolute Gasteiger partial charge is 0.335 e. The maximum atomic E-state index is 12.9. The van der Waals surface area contributed by atoms with E-state index in [4.69, 9.17) is 21.4 Å². The third kappa shape index (κ3) is 5.54. The van der Waals surface area contributed by atoms with Crippen molar-refractivity contribution in [2.75, 3.05) is 11.3 Å². The molecule has 0 saturated heterocycles. The molecule has 3 rings (SSSR count). The van der Waals surface area contributed by atoms with Crippen molar-refractivity contribution in [3.05, 3.63) is 52.0 Å². The van der Waals surface area contributed by atoms with Gasteiger partial charge in [-0.15, -0.1) is 11.3 Å². The lowest BCUT2D eigenvalue weighted by molar-refractivity contribution is -0.159. The van der Waals surface area contributed by atoms with Crippen LogP contribution in [0.2, 0.25) is 5.02 Å². The third-order valence-corrected chi connectivity index (χ3v) is 6.80. The second-order valence-corrected chi connectivity index (χ2v) is 10.4. The number of thiazole rings is 1. The molecule has 0 unspecified atom stereocenters. The van der Waals surface area contributed by atoms with Crippen molar-refractivity contribution in [1.29, 1.82) is 0 Å². The average Bonchev–Trinajstić information content (AvgIpc) is 3.06. The second kappa shape index (κ2) is 8.85. The number of benzene rings is 2. The van der Waals surface area contributed by atoms with Gasteiger partial charge in [-0.05, 0) is 57.2 Å². The summed E-state index contributed by atoms with van der Waals surface area (Å²) in [6.07, 6.45) is 0. The van der Waals surface area contributed by atoms with Crippen molar-refractivity contribution in [2.45, 2.75) is 31.3 Å². The summed E-state index contributed by atoms with van der Waals surface area (Å²) < 4.78 is 34.5. The molecule has 0 aliphatic heterocycles. The number of sulfonamides is 1. The van der Waals surface area contributed by atoms with Crippen molar-refractivity contribution < 1.29 is 23.1 Å². The summed E-state index contributed by atoms with van der Waals surface area (Å²) in [6, 6.07) is 9.33. The standard InChI is InChI=1S/C21H19ClN2O5S2/c1-13-23-18-12-16(7-9-19(18)30-13)31(27,28)24-17-8-6-15(22)11-14(17)5-4-10-29-21(2,3)20(25)26/h6-9,11-12,24H,10H2,1-3H3,(H,25,26). The summed E-state index contributed by atoms with van der Waals surface area (Å²) in [5.41, 5.74) is -0.206. The van der Waals surface area contributed by atoms with Crippen LogP contribution < -0.4 is 4.72 Å². The Hall–Kier alpha value is -2.64. The first kappa shape index (κ1) is 23.0. The third-order valence-electron chi connectivity index (χ3n) is 4.25. The fourth-order valence-electron chi connectivity index (χ4n) is 2.51. The van der Waals surface area contributed by atoms with E-state index in [9.17, 15) is 13.2 Å². The normalized spacial score (nSPS) is 11.7. The number of carboxylic acids is 1. The highest BCUT2D eigenvalue weighted by Crippen LogP contribution is 2.27. The number of hydrogen-bond donors (Lipinski definition) is 2. The Labute approximate surface area is 189 Å². The number of aryl methyl sites for hydroxylation is 1. The predicted octanol–water partition coefficient (Wildman–Crippen LogP) is 4.29. The molecule has 10 heteroatoms. The summed E-state index contributed by atoms with van der Waals surface area (Å²) in [7, 11) is -3.90. The molecule has 0 aliphatic rings. The van der Waals surface area contributed by atoms with Crippen LogP contribution in [-0.4, -0.2) is 36.7 Å². The highest BCUT2D eigenvalue weighted by atomic mass is 35.5. The first-order valence-corrected chi connectivity index (χ1v) is 11.7. The van der Waals surface area contributed by atoms with Crippen LogP contribution in [0.5, 0.6) is 0 Å². The lowest BCUT2D eigenvalue weighted by Crippen LogP contribution is -2.34. The number of ether oxygens (including phenoxy) is 1. The van der Waals surface area contributed by atoms with Gasteiger partial charge in [0.15, 0.2) is 5.60 Å². The van der Waals surface area contributed by atoms with Gasteiger partial charge in [-0.25, -0.2) is 18.2 Å². The van der Waals surface area contributed by atoms with E-state index >= 15 is 0 Å². The van der Waals surface area contributed by atoms with Gasteiger partial charge < -0.3 is 9.84 Å². The quantitative estimate of drug-likeness (QED) is 0.512. The zero-order valence-electron chi connectivity index (χ0n) is 16.9. The van der Waals surface area contributed by atoms with Crippen LogP contribution in [0.25, 0.3) is 10.2 Å². The van der Waals surface area contributed by atoms with E-state index in [1.165, 1.54) is 49.4 Å². The van der Waals surface area contributed by atoms with Crippen LogP contribution >= 0.6 is 22.9 Å². The highest BCUT2D eigenvalue weighted by molar-refractivity contribution is 7.92. The molecule has 0 spiro atoms. The summed E-state index contributed by atoms with van der Waals surface area (Å²) in [5, 5.41) is 10.3. The maximum absolute atomic E-state index is 12.9. The number of halogens is 1. The molecule has 0 amide bonds. The fraction of sp³-hybridized carbons (Fsp3) is 0.238. The van der Waals surface area contributed by atoms with Crippen molar-refractivity contribution in [3.63, 3.8) is 0 Å². The molecule has 2 N–H and O–H groups in total. The molecule has 0 saturated carbocycles. The molecular weight excluding hydrogens is 460 g/mol. The minimum Gasteiger partial charge on any atom is -0.479 e. The molecule has 0 radical (unpaired) electrons. The molecule has 0 aliphatic carbocycles. The van der Waals surface area contributed by atoms with Gasteiger partial charge in [0.2, 0.25) is 0 Å². The van der Waals surface area contributed by atoms with Gasteiger partial charge in [0.25, 0.3) is 10.0 Å². The lowest BCUT2D eigenvalue weighted by Gasteiger charge is -2.17. The van der Waals surface area contributed by atoms with Gasteiger partial charge in [-0.2, -0.15) is 0 Å². The van der Waals surface area contributed by atoms with Crippen LogP contribution in [0.4, 0.5) is 5.69 Å². The minimum absolute atomic E-state index is 0.0747. The molecule has 1 heterocycles. The van der Waals surface area contributed by atoms with Gasteiger partial charge in [0.1, 0.15) is 6.61 Å². The summed E-state index contributed by atoms with van der Waals surface area (Å²) in [5.74, 6) is 4.36. The minimum atomic E-state index is -3.90. The number of carbonyl (C=O) groups is 1. The molecule has 0 bridgehead atoms. The van der Waals surface area contributed by atoms with Crippen LogP contribution in [0.1, 0.15) is 24.4 Å². The zero-order chi connectivity index (χ0) is 22.8. The van der Waals surface area contributed by atoms with Gasteiger partial charge in [-0.3, -0.25) is 4.72 Å². The van der Waals surface area contributed by atoms with Crippen molar-refractivity contribution in [1.82, 2.24) is 4.98 Å². The molecule has 0 fully saturated rings. The number of hydrogen-bond acceptors (Lipinski definition) is 6. The number of nitrogens with zero attached hydrogens (tertiary/aromatic N) is 1. The van der Waals surface area contributed by atoms with E-state index in [1.54, 1.807) is 12.1 Å². The predicted molar refractivity (Wildman–Crippen MR) is 121 cm³/mol. The fourth-order valence-corrected chi connectivity index (χ4v) is 4.59. The molecule has 3 aromatic rings. The van der Waals surface area contributed by atoms with E-state index in [-0.39, 0.29) is 17.2 Å². The van der Waals surface area contributed by atoms with Crippen molar-refractivity contribution >= 4 is 54.8 Å². The van der Waals surface area contributed by atoms with Crippen LogP contribution in [0.15, 0.2) is 41.3 Å². The SMILES string of the molecule is Cc1nc2cc(S(=O)(=O)Nc3ccc(Cl)cc3C#CCOC(C)(C)C(=O)O)ccc2s1. The highest BCUT2D eigenvalue weighted by Gasteiger charge is 2.27. The number of aromatic nitrogens is 1. The maximum Gasteiger partial charge on any atom is 0.335 e. The Kier molecular flexibility index (Phi) is 6.57. The summed E-state index contributed by atoms with van der Waals surface area (Å²) in [4.78, 5) is 15.5. The number of carboxylic acid groups (broad SMARTS) is 1. The largest absolute Gasteiger partial charge is 0.479 e. The molecule has 7 nitrogen and oxygen atoms in total. The molecule has 162 valence electrons. The molecular formula is C21H19ClN2O5S2. The van der Waals surface area contributed by atoms with E-state index in [0.29, 0.717) is 16.1 Å². The lowest BCUT2D eigenvalue weighted by atomic mass is 10.1. The van der Waals surface area contributed by atoms with Crippen LogP contribution in [0.3, 0.4) is 0 Å². The number of aliphatic carboxylic acids is 1. The van der Waals surface area contributed by atoms with E-state index in [2.05, 4.69) is 21.5 Å². The Morgan fingerprint density at radius 3 is 2.74 bits per heavy atom. The summed E-state index contributed by atoms with van der Waals surface area (Å²) >= 11 is 7.52. The number of fused-ring (bicyclic) bond motifs is 1. The Bertz CT molecular complexity index is 1320. The Morgan fingerprint density at radius 1 is 1.29 bits per heavy atom. The second-order valence-electron chi connectivity index (χ2n) is 7.06. The van der Waals surface area contributed by atoms with Gasteiger partial charge in [-0.1, -0.05) is 23.4 Å². The van der Waals surface area contributed by atoms with Crippen molar-refractivity contribution in [3.8, 4) is 11.8 Å². The molecule has 2 aromatic carbocycles. The zero-order valence-corrected chi connectivity index (χ0v) is 19.3. The number of rotatable bonds is 6. The van der Waals surface area contributed by atoms with Crippen LogP contribution in [0, 0.1) is 18.8 Å². The Balaban J connectivity index is 1.86. The van der Waals surface area contributed by atoms with Gasteiger partial charge >= 0.3 is 5.97 Å².